The number of hydrogen-bond donors (Lipinski definition) is 4. The molecule has 2 rings (SSSR count). The normalized spacial score (nSPS) is 15.7. The molecule has 6 nitrogen and oxygen atoms in total. The fraction of sp³-hybridized carbons (Fsp3) is 0.500. The van der Waals surface area contributed by atoms with Crippen LogP contribution in [0.2, 0.25) is 0 Å². The van der Waals surface area contributed by atoms with Gasteiger partial charge in [0.1, 0.15) is 5.70 Å². The molecule has 142 valence electrons. The van der Waals surface area contributed by atoms with E-state index >= 15 is 0 Å². The minimum Gasteiger partial charge on any atom is -0.486 e. The van der Waals surface area contributed by atoms with Crippen molar-refractivity contribution >= 4 is 17.8 Å². The summed E-state index contributed by atoms with van der Waals surface area (Å²) in [6.07, 6.45) is 3.35. The molecular weight excluding hydrogens is 328 g/mol. The molecule has 1 aliphatic carbocycles. The van der Waals surface area contributed by atoms with Gasteiger partial charge in [-0.15, -0.1) is 0 Å². The summed E-state index contributed by atoms with van der Waals surface area (Å²) in [6, 6.07) is 7.61. The lowest BCUT2D eigenvalue weighted by atomic mass is 10.2. The summed E-state index contributed by atoms with van der Waals surface area (Å²) >= 11 is 0. The van der Waals surface area contributed by atoms with E-state index in [1.54, 1.807) is 0 Å². The Morgan fingerprint density at radius 2 is 2.12 bits per heavy atom. The molecule has 0 radical (unpaired) electrons. The third kappa shape index (κ3) is 6.19. The molecule has 0 unspecified atom stereocenters. The summed E-state index contributed by atoms with van der Waals surface area (Å²) < 4.78 is 5.88. The Kier molecular flexibility index (Phi) is 7.21. The number of carbonyl (C=O) groups is 1. The van der Waals surface area contributed by atoms with E-state index in [1.165, 1.54) is 0 Å². The van der Waals surface area contributed by atoms with Crippen molar-refractivity contribution in [3.05, 3.63) is 41.3 Å². The first-order chi connectivity index (χ1) is 12.5. The number of likely N-dealkylation sites (N-methyl/N-ethyl adjacent to an activating group) is 1. The summed E-state index contributed by atoms with van der Waals surface area (Å²) in [4.78, 5) is 12.8. The topological polar surface area (TPSA) is 86.2 Å². The maximum Gasteiger partial charge on any atom is 0.292 e. The smallest absolute Gasteiger partial charge is 0.292 e. The molecule has 0 atom stereocenters. The second-order valence-corrected chi connectivity index (χ2v) is 7.09. The standard InChI is InChI=1S/C20H30N4O2/c1-4-22-10-11-23-17(13-21)18(26-14-20(3)8-9-20)19(25)24-16-7-5-6-15(2)12-16/h5-7,12-13,21-23H,4,8-11,14H2,1-3H3,(H,24,25)/b18-17-,21-13?. The number of rotatable bonds is 11. The molecule has 1 aliphatic rings. The van der Waals surface area contributed by atoms with Crippen LogP contribution in [0, 0.1) is 17.7 Å². The van der Waals surface area contributed by atoms with E-state index in [2.05, 4.69) is 22.9 Å². The minimum atomic E-state index is -0.339. The van der Waals surface area contributed by atoms with Crippen molar-refractivity contribution in [3.8, 4) is 0 Å². The molecule has 0 saturated heterocycles. The quantitative estimate of drug-likeness (QED) is 0.212. The lowest BCUT2D eigenvalue weighted by Gasteiger charge is -2.18. The van der Waals surface area contributed by atoms with E-state index in [1.807, 2.05) is 38.1 Å². The summed E-state index contributed by atoms with van der Waals surface area (Å²) in [5.41, 5.74) is 2.32. The lowest BCUT2D eigenvalue weighted by molar-refractivity contribution is -0.116. The molecule has 0 aromatic heterocycles. The third-order valence-electron chi connectivity index (χ3n) is 4.41. The van der Waals surface area contributed by atoms with Gasteiger partial charge >= 0.3 is 0 Å². The summed E-state index contributed by atoms with van der Waals surface area (Å²) in [6.45, 7) is 8.87. The Hall–Kier alpha value is -2.34. The van der Waals surface area contributed by atoms with E-state index < -0.39 is 0 Å². The SMILES string of the molecule is CCNCCN/C(C=N)=C(\OCC1(C)CC1)C(=O)Nc1cccc(C)c1. The van der Waals surface area contributed by atoms with E-state index in [9.17, 15) is 4.79 Å². The molecule has 0 spiro atoms. The van der Waals surface area contributed by atoms with Crippen molar-refractivity contribution in [1.29, 1.82) is 5.41 Å². The van der Waals surface area contributed by atoms with E-state index in [4.69, 9.17) is 10.1 Å². The van der Waals surface area contributed by atoms with E-state index in [0.29, 0.717) is 24.5 Å². The highest BCUT2D eigenvalue weighted by atomic mass is 16.5. The molecule has 0 heterocycles. The zero-order chi connectivity index (χ0) is 19.0. The van der Waals surface area contributed by atoms with Crippen molar-refractivity contribution in [2.45, 2.75) is 33.6 Å². The number of anilines is 1. The van der Waals surface area contributed by atoms with Gasteiger partial charge in [0.15, 0.2) is 0 Å². The monoisotopic (exact) mass is 358 g/mol. The van der Waals surface area contributed by atoms with Crippen molar-refractivity contribution in [3.63, 3.8) is 0 Å². The van der Waals surface area contributed by atoms with Crippen LogP contribution < -0.4 is 16.0 Å². The first-order valence-corrected chi connectivity index (χ1v) is 9.17. The van der Waals surface area contributed by atoms with Crippen molar-refractivity contribution < 1.29 is 9.53 Å². The first kappa shape index (κ1) is 20.0. The molecule has 0 bridgehead atoms. The molecular formula is C20H30N4O2. The average Bonchev–Trinajstić information content (AvgIpc) is 3.34. The molecule has 4 N–H and O–H groups in total. The number of ether oxygens (including phenoxy) is 1. The zero-order valence-electron chi connectivity index (χ0n) is 15.9. The predicted molar refractivity (Wildman–Crippen MR) is 105 cm³/mol. The zero-order valence-corrected chi connectivity index (χ0v) is 15.9. The van der Waals surface area contributed by atoms with Gasteiger partial charge in [0.05, 0.1) is 6.61 Å². The van der Waals surface area contributed by atoms with Crippen LogP contribution in [-0.4, -0.2) is 38.4 Å². The summed E-state index contributed by atoms with van der Waals surface area (Å²) in [7, 11) is 0. The van der Waals surface area contributed by atoms with Gasteiger partial charge in [-0.2, -0.15) is 0 Å². The van der Waals surface area contributed by atoms with Gasteiger partial charge in [0.2, 0.25) is 5.76 Å². The van der Waals surface area contributed by atoms with Gasteiger partial charge in [-0.25, -0.2) is 0 Å². The molecule has 0 aliphatic heterocycles. The maximum atomic E-state index is 12.8. The summed E-state index contributed by atoms with van der Waals surface area (Å²) in [5, 5.41) is 16.9. The second-order valence-electron chi connectivity index (χ2n) is 7.09. The fourth-order valence-electron chi connectivity index (χ4n) is 2.44. The highest BCUT2D eigenvalue weighted by Crippen LogP contribution is 2.45. The number of allylic oxidation sites excluding steroid dienone is 1. The van der Waals surface area contributed by atoms with E-state index in [-0.39, 0.29) is 17.1 Å². The van der Waals surface area contributed by atoms with Crippen LogP contribution in [0.5, 0.6) is 0 Å². The Morgan fingerprint density at radius 1 is 1.35 bits per heavy atom. The molecule has 1 amide bonds. The van der Waals surface area contributed by atoms with Gasteiger partial charge < -0.3 is 26.1 Å². The molecule has 1 aromatic rings. The number of aryl methyl sites for hydroxylation is 1. The number of nitrogens with one attached hydrogen (secondary N) is 4. The first-order valence-electron chi connectivity index (χ1n) is 9.17. The van der Waals surface area contributed by atoms with E-state index in [0.717, 1.165) is 37.7 Å². The van der Waals surface area contributed by atoms with Gasteiger partial charge in [0.25, 0.3) is 5.91 Å². The fourth-order valence-corrected chi connectivity index (χ4v) is 2.44. The number of amides is 1. The molecule has 1 fully saturated rings. The van der Waals surface area contributed by atoms with Crippen LogP contribution in [-0.2, 0) is 9.53 Å². The third-order valence-corrected chi connectivity index (χ3v) is 4.41. The molecule has 26 heavy (non-hydrogen) atoms. The Morgan fingerprint density at radius 3 is 2.73 bits per heavy atom. The van der Waals surface area contributed by atoms with Crippen molar-refractivity contribution in [2.75, 3.05) is 31.6 Å². The second kappa shape index (κ2) is 9.38. The molecule has 1 aromatic carbocycles. The van der Waals surface area contributed by atoms with Crippen LogP contribution in [0.3, 0.4) is 0 Å². The van der Waals surface area contributed by atoms with Crippen molar-refractivity contribution in [1.82, 2.24) is 10.6 Å². The van der Waals surface area contributed by atoms with Crippen LogP contribution in [0.25, 0.3) is 0 Å². The highest BCUT2D eigenvalue weighted by Gasteiger charge is 2.39. The minimum absolute atomic E-state index is 0.145. The molecule has 1 saturated carbocycles. The lowest BCUT2D eigenvalue weighted by Crippen LogP contribution is -2.31. The maximum absolute atomic E-state index is 12.8. The number of carbonyl (C=O) groups excluding carboxylic acids is 1. The Labute approximate surface area is 155 Å². The van der Waals surface area contributed by atoms with Gasteiger partial charge in [-0.05, 0) is 44.0 Å². The largest absolute Gasteiger partial charge is 0.486 e. The van der Waals surface area contributed by atoms with Crippen LogP contribution >= 0.6 is 0 Å². The number of benzene rings is 1. The summed E-state index contributed by atoms with van der Waals surface area (Å²) in [5.74, 6) is -0.166. The van der Waals surface area contributed by atoms with Crippen LogP contribution in [0.1, 0.15) is 32.3 Å². The number of hydrogen-bond acceptors (Lipinski definition) is 5. The predicted octanol–water partition coefficient (Wildman–Crippen LogP) is 2.81. The van der Waals surface area contributed by atoms with Crippen LogP contribution in [0.4, 0.5) is 5.69 Å². The average molecular weight is 358 g/mol. The van der Waals surface area contributed by atoms with Crippen LogP contribution in [0.15, 0.2) is 35.7 Å². The Balaban J connectivity index is 2.12. The molecule has 6 heteroatoms. The van der Waals surface area contributed by atoms with Crippen molar-refractivity contribution in [2.24, 2.45) is 5.41 Å². The van der Waals surface area contributed by atoms with Gasteiger partial charge in [-0.3, -0.25) is 4.79 Å². The van der Waals surface area contributed by atoms with Gasteiger partial charge in [-0.1, -0.05) is 26.0 Å². The highest BCUT2D eigenvalue weighted by molar-refractivity contribution is 6.05. The Bertz CT molecular complexity index is 666. The van der Waals surface area contributed by atoms with Gasteiger partial charge in [0, 0.05) is 30.4 Å².